The highest BCUT2D eigenvalue weighted by Crippen LogP contribution is 2.24. The molecule has 1 fully saturated rings. The molecule has 0 saturated carbocycles. The molecule has 1 aliphatic heterocycles. The summed E-state index contributed by atoms with van der Waals surface area (Å²) in [5.41, 5.74) is 2.05. The molecule has 6 heteroatoms. The predicted octanol–water partition coefficient (Wildman–Crippen LogP) is 2.95. The Morgan fingerprint density at radius 3 is 2.54 bits per heavy atom. The fourth-order valence-electron chi connectivity index (χ4n) is 2.90. The van der Waals surface area contributed by atoms with Crippen LogP contribution in [0.2, 0.25) is 0 Å². The van der Waals surface area contributed by atoms with Gasteiger partial charge in [0.25, 0.3) is 0 Å². The number of para-hydroxylation sites is 1. The van der Waals surface area contributed by atoms with Crippen LogP contribution >= 0.6 is 0 Å². The summed E-state index contributed by atoms with van der Waals surface area (Å²) in [6.07, 6.45) is 5.12. The van der Waals surface area contributed by atoms with Crippen LogP contribution in [0.25, 0.3) is 0 Å². The Bertz CT molecular complexity index is 681. The molecule has 1 saturated heterocycles. The van der Waals surface area contributed by atoms with Crippen LogP contribution in [0, 0.1) is 0 Å². The summed E-state index contributed by atoms with van der Waals surface area (Å²) in [6.45, 7) is 7.13. The number of benzene rings is 1. The molecule has 126 valence electrons. The molecule has 2 aromatic rings. The van der Waals surface area contributed by atoms with Crippen LogP contribution in [0.1, 0.15) is 25.3 Å². The first kappa shape index (κ1) is 16.2. The summed E-state index contributed by atoms with van der Waals surface area (Å²) in [5.74, 6) is 1.23. The van der Waals surface area contributed by atoms with Crippen LogP contribution in [-0.2, 0) is 0 Å². The molecule has 0 bridgehead atoms. The molecule has 3 rings (SSSR count). The Balaban J connectivity index is 1.60. The van der Waals surface area contributed by atoms with Gasteiger partial charge in [0, 0.05) is 44.3 Å². The lowest BCUT2D eigenvalue weighted by molar-refractivity contribution is 0.208. The van der Waals surface area contributed by atoms with E-state index in [-0.39, 0.29) is 6.03 Å². The van der Waals surface area contributed by atoms with E-state index in [1.54, 1.807) is 18.6 Å². The second-order valence-corrected chi connectivity index (χ2v) is 6.21. The molecule has 24 heavy (non-hydrogen) atoms. The van der Waals surface area contributed by atoms with Gasteiger partial charge in [0.05, 0.1) is 6.20 Å². The van der Waals surface area contributed by atoms with E-state index in [9.17, 15) is 4.79 Å². The van der Waals surface area contributed by atoms with Gasteiger partial charge >= 0.3 is 6.03 Å². The van der Waals surface area contributed by atoms with Gasteiger partial charge in [0.15, 0.2) is 0 Å². The van der Waals surface area contributed by atoms with Crippen molar-refractivity contribution in [3.05, 3.63) is 48.4 Å². The van der Waals surface area contributed by atoms with Gasteiger partial charge in [-0.2, -0.15) is 0 Å². The summed E-state index contributed by atoms with van der Waals surface area (Å²) in [7, 11) is 0. The van der Waals surface area contributed by atoms with Crippen LogP contribution in [0.4, 0.5) is 16.3 Å². The second-order valence-electron chi connectivity index (χ2n) is 6.21. The van der Waals surface area contributed by atoms with Crippen molar-refractivity contribution >= 4 is 17.5 Å². The third-order valence-electron chi connectivity index (χ3n) is 4.26. The number of nitrogens with one attached hydrogen (secondary N) is 1. The normalized spacial score (nSPS) is 14.8. The molecule has 2 heterocycles. The van der Waals surface area contributed by atoms with Gasteiger partial charge in [-0.3, -0.25) is 4.98 Å². The first-order chi connectivity index (χ1) is 11.6. The monoisotopic (exact) mass is 325 g/mol. The Kier molecular flexibility index (Phi) is 4.93. The molecule has 2 amide bonds. The van der Waals surface area contributed by atoms with E-state index in [1.807, 2.05) is 23.1 Å². The van der Waals surface area contributed by atoms with Gasteiger partial charge < -0.3 is 15.1 Å². The minimum Gasteiger partial charge on any atom is -0.352 e. The number of carbonyl (C=O) groups is 1. The van der Waals surface area contributed by atoms with E-state index in [0.29, 0.717) is 19.0 Å². The predicted molar refractivity (Wildman–Crippen MR) is 95.4 cm³/mol. The van der Waals surface area contributed by atoms with E-state index in [0.717, 1.165) is 30.2 Å². The zero-order chi connectivity index (χ0) is 16.9. The first-order valence-electron chi connectivity index (χ1n) is 8.31. The molecule has 0 radical (unpaired) electrons. The molecule has 0 aliphatic carbocycles. The first-order valence-corrected chi connectivity index (χ1v) is 8.31. The lowest BCUT2D eigenvalue weighted by Crippen LogP contribution is -2.50. The number of carbonyl (C=O) groups excluding carboxylic acids is 1. The summed E-state index contributed by atoms with van der Waals surface area (Å²) in [5, 5.41) is 3.06. The van der Waals surface area contributed by atoms with Crippen LogP contribution in [0.5, 0.6) is 0 Å². The van der Waals surface area contributed by atoms with E-state index >= 15 is 0 Å². The number of hydrogen-bond donors (Lipinski definition) is 1. The largest absolute Gasteiger partial charge is 0.352 e. The Labute approximate surface area is 142 Å². The van der Waals surface area contributed by atoms with E-state index in [1.165, 1.54) is 0 Å². The quantitative estimate of drug-likeness (QED) is 0.942. The Morgan fingerprint density at radius 1 is 1.12 bits per heavy atom. The topological polar surface area (TPSA) is 61.4 Å². The van der Waals surface area contributed by atoms with Crippen molar-refractivity contribution in [3.63, 3.8) is 0 Å². The summed E-state index contributed by atoms with van der Waals surface area (Å²) >= 11 is 0. The van der Waals surface area contributed by atoms with Crippen LogP contribution in [-0.4, -0.2) is 47.1 Å². The molecule has 0 unspecified atom stereocenters. The summed E-state index contributed by atoms with van der Waals surface area (Å²) in [6, 6.07) is 7.94. The minimum absolute atomic E-state index is 0.0399. The maximum atomic E-state index is 12.6. The highest BCUT2D eigenvalue weighted by Gasteiger charge is 2.22. The maximum absolute atomic E-state index is 12.6. The van der Waals surface area contributed by atoms with Gasteiger partial charge in [-0.25, -0.2) is 9.78 Å². The molecule has 0 spiro atoms. The molecular weight excluding hydrogens is 302 g/mol. The van der Waals surface area contributed by atoms with Crippen molar-refractivity contribution in [1.29, 1.82) is 0 Å². The third kappa shape index (κ3) is 3.64. The Hall–Kier alpha value is -2.63. The number of aromatic nitrogens is 2. The second kappa shape index (κ2) is 7.29. The minimum atomic E-state index is -0.0399. The van der Waals surface area contributed by atoms with Gasteiger partial charge in [-0.1, -0.05) is 32.0 Å². The number of piperazine rings is 1. The van der Waals surface area contributed by atoms with Gasteiger partial charge in [-0.15, -0.1) is 0 Å². The number of amides is 2. The van der Waals surface area contributed by atoms with Crippen LogP contribution in [0.3, 0.4) is 0 Å². The van der Waals surface area contributed by atoms with Crippen molar-refractivity contribution in [2.45, 2.75) is 19.8 Å². The van der Waals surface area contributed by atoms with Gasteiger partial charge in [0.1, 0.15) is 5.82 Å². The van der Waals surface area contributed by atoms with E-state index in [2.05, 4.69) is 40.1 Å². The average Bonchev–Trinajstić information content (AvgIpc) is 2.63. The maximum Gasteiger partial charge on any atom is 0.321 e. The number of urea groups is 1. The van der Waals surface area contributed by atoms with Crippen molar-refractivity contribution in [3.8, 4) is 0 Å². The molecule has 6 nitrogen and oxygen atoms in total. The average molecular weight is 325 g/mol. The third-order valence-corrected chi connectivity index (χ3v) is 4.26. The highest BCUT2D eigenvalue weighted by atomic mass is 16.2. The Morgan fingerprint density at radius 2 is 1.88 bits per heavy atom. The molecule has 0 atom stereocenters. The molecule has 1 N–H and O–H groups in total. The van der Waals surface area contributed by atoms with E-state index < -0.39 is 0 Å². The lowest BCUT2D eigenvalue weighted by atomic mass is 10.0. The fourth-order valence-corrected chi connectivity index (χ4v) is 2.90. The van der Waals surface area contributed by atoms with E-state index in [4.69, 9.17) is 0 Å². The zero-order valence-electron chi connectivity index (χ0n) is 14.1. The summed E-state index contributed by atoms with van der Waals surface area (Å²) < 4.78 is 0. The van der Waals surface area contributed by atoms with Crippen molar-refractivity contribution in [2.75, 3.05) is 36.4 Å². The highest BCUT2D eigenvalue weighted by molar-refractivity contribution is 5.90. The number of rotatable bonds is 3. The number of nitrogens with zero attached hydrogens (tertiary/aromatic N) is 4. The zero-order valence-corrected chi connectivity index (χ0v) is 14.1. The fraction of sp³-hybridized carbons (Fsp3) is 0.389. The summed E-state index contributed by atoms with van der Waals surface area (Å²) in [4.78, 5) is 25.0. The van der Waals surface area contributed by atoms with Crippen LogP contribution in [0.15, 0.2) is 42.9 Å². The van der Waals surface area contributed by atoms with Gasteiger partial charge in [0.2, 0.25) is 0 Å². The lowest BCUT2D eigenvalue weighted by Gasteiger charge is -2.35. The standard InChI is InChI=1S/C18H23N5O/c1-14(2)15-5-3-4-6-16(15)21-18(24)23-11-9-22(10-12-23)17-13-19-7-8-20-17/h3-8,13-14H,9-12H2,1-2H3,(H,21,24). The molecule has 1 aliphatic rings. The van der Waals surface area contributed by atoms with Crippen molar-refractivity contribution < 1.29 is 4.79 Å². The molecule has 1 aromatic carbocycles. The van der Waals surface area contributed by atoms with Crippen LogP contribution < -0.4 is 10.2 Å². The smallest absolute Gasteiger partial charge is 0.321 e. The number of anilines is 2. The molecular formula is C18H23N5O. The van der Waals surface area contributed by atoms with Gasteiger partial charge in [-0.05, 0) is 17.5 Å². The van der Waals surface area contributed by atoms with Crippen molar-refractivity contribution in [1.82, 2.24) is 14.9 Å². The number of hydrogen-bond acceptors (Lipinski definition) is 4. The van der Waals surface area contributed by atoms with Crippen molar-refractivity contribution in [2.24, 2.45) is 0 Å². The molecule has 1 aromatic heterocycles. The SMILES string of the molecule is CC(C)c1ccccc1NC(=O)N1CCN(c2cnccn2)CC1.